The first-order valence-electron chi connectivity index (χ1n) is 13.5. The van der Waals surface area contributed by atoms with Crippen LogP contribution >= 0.6 is 0 Å². The number of nitrogens with zero attached hydrogens (tertiary/aromatic N) is 5. The third-order valence-corrected chi connectivity index (χ3v) is 8.69. The van der Waals surface area contributed by atoms with E-state index in [9.17, 15) is 13.2 Å². The zero-order valence-electron chi connectivity index (χ0n) is 23.9. The summed E-state index contributed by atoms with van der Waals surface area (Å²) in [6.07, 6.45) is 5.08. The molecule has 1 aromatic heterocycles. The molecule has 0 aliphatic heterocycles. The summed E-state index contributed by atoms with van der Waals surface area (Å²) in [5, 5.41) is 6.13. The van der Waals surface area contributed by atoms with Crippen LogP contribution in [0.1, 0.15) is 51.3 Å². The normalized spacial score (nSPS) is 14.4. The molecule has 0 bridgehead atoms. The van der Waals surface area contributed by atoms with Crippen LogP contribution in [0.4, 0.5) is 11.6 Å². The van der Waals surface area contributed by atoms with E-state index in [0.717, 1.165) is 48.1 Å². The molecule has 1 amide bonds. The van der Waals surface area contributed by atoms with Crippen molar-refractivity contribution in [2.75, 3.05) is 52.6 Å². The van der Waals surface area contributed by atoms with Gasteiger partial charge in [0.2, 0.25) is 16.0 Å². The lowest BCUT2D eigenvalue weighted by Crippen LogP contribution is -2.36. The second-order valence-electron chi connectivity index (χ2n) is 9.80. The van der Waals surface area contributed by atoms with Gasteiger partial charge in [0.25, 0.3) is 5.91 Å². The molecule has 0 radical (unpaired) electrons. The van der Waals surface area contributed by atoms with Gasteiger partial charge in [-0.3, -0.25) is 9.79 Å². The number of sulfonamides is 1. The Morgan fingerprint density at radius 1 is 1.10 bits per heavy atom. The van der Waals surface area contributed by atoms with Crippen LogP contribution in [0.5, 0.6) is 0 Å². The summed E-state index contributed by atoms with van der Waals surface area (Å²) in [4.78, 5) is 28.6. The topological polar surface area (TPSA) is 120 Å². The molecule has 0 unspecified atom stereocenters. The van der Waals surface area contributed by atoms with Gasteiger partial charge in [0.15, 0.2) is 0 Å². The minimum Gasteiger partial charge on any atom is -0.351 e. The fourth-order valence-electron chi connectivity index (χ4n) is 4.50. The van der Waals surface area contributed by atoms with Crippen molar-refractivity contribution in [3.8, 4) is 0 Å². The molecular formula is C28H41N7O3S. The number of aryl methyl sites for hydroxylation is 1. The fraction of sp³-hybridized carbons (Fsp3) is 0.500. The molecule has 11 heteroatoms. The van der Waals surface area contributed by atoms with E-state index in [2.05, 4.69) is 20.6 Å². The average molecular weight is 556 g/mol. The quantitative estimate of drug-likeness (QED) is 0.385. The molecule has 39 heavy (non-hydrogen) atoms. The molecule has 212 valence electrons. The van der Waals surface area contributed by atoms with E-state index >= 15 is 0 Å². The number of hydrogen-bond acceptors (Lipinski definition) is 8. The first-order chi connectivity index (χ1) is 18.6. The maximum Gasteiger partial charge on any atom is 0.269 e. The molecule has 2 aromatic rings. The Hall–Kier alpha value is -3.15. The first kappa shape index (κ1) is 30.4. The fourth-order valence-corrected chi connectivity index (χ4v) is 5.94. The predicted octanol–water partition coefficient (Wildman–Crippen LogP) is 3.50. The van der Waals surface area contributed by atoms with E-state index in [1.165, 1.54) is 4.31 Å². The highest BCUT2D eigenvalue weighted by atomic mass is 32.2. The zero-order valence-corrected chi connectivity index (χ0v) is 24.7. The maximum absolute atomic E-state index is 13.1. The van der Waals surface area contributed by atoms with Gasteiger partial charge in [0.05, 0.1) is 10.6 Å². The number of aliphatic imine (C=N–C) groups is 1. The summed E-state index contributed by atoms with van der Waals surface area (Å²) in [7, 11) is 1.89. The van der Waals surface area contributed by atoms with Crippen molar-refractivity contribution < 1.29 is 13.2 Å². The molecule has 3 rings (SSSR count). The van der Waals surface area contributed by atoms with Crippen LogP contribution in [0.3, 0.4) is 0 Å². The Labute approximate surface area is 232 Å². The van der Waals surface area contributed by atoms with Crippen molar-refractivity contribution in [3.63, 3.8) is 0 Å². The summed E-state index contributed by atoms with van der Waals surface area (Å²) in [5.41, 5.74) is 4.76. The van der Waals surface area contributed by atoms with Crippen molar-refractivity contribution in [2.45, 2.75) is 51.3 Å². The largest absolute Gasteiger partial charge is 0.351 e. The average Bonchev–Trinajstić information content (AvgIpc) is 3.07. The van der Waals surface area contributed by atoms with Crippen LogP contribution < -0.4 is 10.6 Å². The van der Waals surface area contributed by atoms with Crippen LogP contribution in [-0.4, -0.2) is 86.5 Å². The number of benzene rings is 1. The molecule has 1 aliphatic carbocycles. The molecule has 1 heterocycles. The van der Waals surface area contributed by atoms with Gasteiger partial charge >= 0.3 is 0 Å². The minimum absolute atomic E-state index is 0.164. The van der Waals surface area contributed by atoms with E-state index in [-0.39, 0.29) is 10.8 Å². The van der Waals surface area contributed by atoms with Crippen LogP contribution in [0.15, 0.2) is 45.9 Å². The van der Waals surface area contributed by atoms with Crippen molar-refractivity contribution in [1.82, 2.24) is 24.5 Å². The van der Waals surface area contributed by atoms with E-state index in [1.807, 2.05) is 46.0 Å². The van der Waals surface area contributed by atoms with Crippen molar-refractivity contribution >= 4 is 38.9 Å². The molecule has 0 saturated carbocycles. The molecule has 1 aromatic carbocycles. The molecule has 0 atom stereocenters. The lowest BCUT2D eigenvalue weighted by atomic mass is 9.98. The van der Waals surface area contributed by atoms with Gasteiger partial charge < -0.3 is 15.5 Å². The number of allylic oxidation sites excluding steroid dienone is 1. The summed E-state index contributed by atoms with van der Waals surface area (Å²) in [6, 6.07) is 6.63. The molecule has 1 aliphatic rings. The number of amides is 1. The number of anilines is 2. The summed E-state index contributed by atoms with van der Waals surface area (Å²) in [5.74, 6) is 0.236. The van der Waals surface area contributed by atoms with Gasteiger partial charge in [-0.2, -0.15) is 4.31 Å². The number of carbonyl (C=O) groups is 1. The Bertz CT molecular complexity index is 1320. The van der Waals surface area contributed by atoms with Crippen LogP contribution in [0, 0.1) is 0 Å². The van der Waals surface area contributed by atoms with Crippen molar-refractivity contribution in [2.24, 2.45) is 4.99 Å². The number of likely N-dealkylation sites (N-methyl/N-ethyl adjacent to an activating group) is 2. The highest BCUT2D eigenvalue weighted by Crippen LogP contribution is 2.30. The second-order valence-corrected chi connectivity index (χ2v) is 11.7. The van der Waals surface area contributed by atoms with Gasteiger partial charge in [-0.15, -0.1) is 0 Å². The molecule has 0 saturated heterocycles. The molecule has 0 spiro atoms. The lowest BCUT2D eigenvalue weighted by molar-refractivity contribution is -0.114. The van der Waals surface area contributed by atoms with E-state index in [1.54, 1.807) is 31.3 Å². The van der Waals surface area contributed by atoms with Gasteiger partial charge in [0, 0.05) is 45.1 Å². The Balaban J connectivity index is 1.85. The highest BCUT2D eigenvalue weighted by molar-refractivity contribution is 7.89. The van der Waals surface area contributed by atoms with Crippen LogP contribution in [0.25, 0.3) is 5.57 Å². The lowest BCUT2D eigenvalue weighted by Gasteiger charge is -2.22. The number of hydrogen-bond donors (Lipinski definition) is 2. The monoisotopic (exact) mass is 555 g/mol. The van der Waals surface area contributed by atoms with Crippen LogP contribution in [-0.2, 0) is 21.2 Å². The van der Waals surface area contributed by atoms with Gasteiger partial charge in [0.1, 0.15) is 5.71 Å². The van der Waals surface area contributed by atoms with E-state index < -0.39 is 10.0 Å². The number of aromatic nitrogens is 2. The number of fused-ring (bicyclic) bond motifs is 1. The number of carbonyl (C=O) groups excluding carboxylic acids is 1. The summed E-state index contributed by atoms with van der Waals surface area (Å²) in [6.45, 7) is 7.90. The molecule has 2 N–H and O–H groups in total. The SMILES string of the molecule is CCCNC(=O)C(=NC)C1=C(C)c2nc(Nc3ccc(S(=O)(=O)N(CC)CCN(C)C)cc3)ncc2CCC1. The molecule has 10 nitrogen and oxygen atoms in total. The van der Waals surface area contributed by atoms with Gasteiger partial charge in [-0.05, 0) is 87.7 Å². The number of rotatable bonds is 12. The molecule has 0 fully saturated rings. The number of nitrogens with one attached hydrogen (secondary N) is 2. The summed E-state index contributed by atoms with van der Waals surface area (Å²) < 4.78 is 27.7. The molecular weight excluding hydrogens is 514 g/mol. The van der Waals surface area contributed by atoms with Crippen molar-refractivity contribution in [1.29, 1.82) is 0 Å². The van der Waals surface area contributed by atoms with Crippen LogP contribution in [0.2, 0.25) is 0 Å². The minimum atomic E-state index is -3.59. The Kier molecular flexibility index (Phi) is 10.7. The second kappa shape index (κ2) is 13.8. The van der Waals surface area contributed by atoms with E-state index in [4.69, 9.17) is 4.98 Å². The zero-order chi connectivity index (χ0) is 28.6. The van der Waals surface area contributed by atoms with Crippen molar-refractivity contribution in [3.05, 3.63) is 47.3 Å². The third-order valence-electron chi connectivity index (χ3n) is 6.70. The Morgan fingerprint density at radius 2 is 1.82 bits per heavy atom. The van der Waals surface area contributed by atoms with E-state index in [0.29, 0.717) is 43.5 Å². The Morgan fingerprint density at radius 3 is 2.44 bits per heavy atom. The maximum atomic E-state index is 13.1. The third kappa shape index (κ3) is 7.49. The standard InChI is InChI=1S/C28H41N7O3S/c1-7-16-30-27(36)26(29-4)24-11-9-10-21-19-31-28(33-25(21)20(24)3)32-22-12-14-23(15-13-22)39(37,38)35(8-2)18-17-34(5)6/h12-15,19H,7-11,16-18H2,1-6H3,(H,30,36)(H,31,32,33). The first-order valence-corrected chi connectivity index (χ1v) is 14.9. The predicted molar refractivity (Wildman–Crippen MR) is 157 cm³/mol. The smallest absolute Gasteiger partial charge is 0.269 e. The highest BCUT2D eigenvalue weighted by Gasteiger charge is 2.25. The van der Waals surface area contributed by atoms with Gasteiger partial charge in [-0.1, -0.05) is 13.8 Å². The van der Waals surface area contributed by atoms with Gasteiger partial charge in [-0.25, -0.2) is 18.4 Å². The summed E-state index contributed by atoms with van der Waals surface area (Å²) >= 11 is 0.